The van der Waals surface area contributed by atoms with Gasteiger partial charge in [-0.3, -0.25) is 5.43 Å². The van der Waals surface area contributed by atoms with Gasteiger partial charge in [-0.05, 0) is 38.3 Å². The van der Waals surface area contributed by atoms with Gasteiger partial charge in [0.2, 0.25) is 0 Å². The molecule has 5 nitrogen and oxygen atoms in total. The molecule has 0 fully saturated rings. The second-order valence-corrected chi connectivity index (χ2v) is 5.75. The highest BCUT2D eigenvalue weighted by Gasteiger charge is 2.06. The highest BCUT2D eigenvalue weighted by atomic mass is 32.1. The van der Waals surface area contributed by atoms with Gasteiger partial charge in [-0.15, -0.1) is 0 Å². The van der Waals surface area contributed by atoms with Crippen molar-refractivity contribution in [2.75, 3.05) is 26.2 Å². The fourth-order valence-electron chi connectivity index (χ4n) is 2.47. The number of likely N-dealkylation sites (N-methyl/N-ethyl adjacent to an activating group) is 1. The monoisotopic (exact) mass is 331 g/mol. The fourth-order valence-corrected chi connectivity index (χ4v) is 2.62. The Morgan fingerprint density at radius 3 is 2.74 bits per heavy atom. The molecule has 3 N–H and O–H groups in total. The number of hydrazone groups is 1. The van der Waals surface area contributed by atoms with E-state index in [4.69, 9.17) is 12.2 Å². The molecule has 0 aliphatic carbocycles. The fraction of sp³-hybridized carbons (Fsp3) is 0.412. The molecule has 0 aliphatic heterocycles. The van der Waals surface area contributed by atoms with Gasteiger partial charge < -0.3 is 15.2 Å². The minimum atomic E-state index is 0.552. The summed E-state index contributed by atoms with van der Waals surface area (Å²) in [6.07, 6.45) is 1.97. The third-order valence-corrected chi connectivity index (χ3v) is 4.15. The number of fused-ring (bicyclic) bond motifs is 1. The lowest BCUT2D eigenvalue weighted by Crippen LogP contribution is -2.38. The maximum absolute atomic E-state index is 5.27. The number of aromatic nitrogens is 1. The van der Waals surface area contributed by atoms with Crippen LogP contribution in [0, 0.1) is 0 Å². The van der Waals surface area contributed by atoms with Crippen LogP contribution in [0.3, 0.4) is 0 Å². The summed E-state index contributed by atoms with van der Waals surface area (Å²) in [5, 5.41) is 9.28. The number of H-pyrrole nitrogens is 1. The van der Waals surface area contributed by atoms with E-state index in [0.717, 1.165) is 48.4 Å². The van der Waals surface area contributed by atoms with Crippen LogP contribution in [-0.2, 0) is 0 Å². The van der Waals surface area contributed by atoms with Crippen molar-refractivity contribution in [2.24, 2.45) is 5.10 Å². The van der Waals surface area contributed by atoms with E-state index in [1.54, 1.807) is 0 Å². The Labute approximate surface area is 143 Å². The van der Waals surface area contributed by atoms with E-state index in [9.17, 15) is 0 Å². The first-order valence-corrected chi connectivity index (χ1v) is 8.43. The van der Waals surface area contributed by atoms with Crippen LogP contribution in [0.25, 0.3) is 10.9 Å². The second kappa shape index (κ2) is 8.64. The van der Waals surface area contributed by atoms with Crippen molar-refractivity contribution in [1.82, 2.24) is 20.6 Å². The summed E-state index contributed by atoms with van der Waals surface area (Å²) in [4.78, 5) is 5.60. The number of hydrogen-bond donors (Lipinski definition) is 3. The summed E-state index contributed by atoms with van der Waals surface area (Å²) in [6.45, 7) is 10.2. The van der Waals surface area contributed by atoms with E-state index in [2.05, 4.69) is 51.7 Å². The Morgan fingerprint density at radius 1 is 1.26 bits per heavy atom. The van der Waals surface area contributed by atoms with Crippen molar-refractivity contribution >= 4 is 33.9 Å². The Hall–Kier alpha value is -1.92. The number of thiocarbonyl (C=S) groups is 1. The van der Waals surface area contributed by atoms with Crippen LogP contribution in [-0.4, -0.2) is 46.9 Å². The lowest BCUT2D eigenvalue weighted by atomic mass is 10.1. The zero-order valence-corrected chi connectivity index (χ0v) is 14.8. The van der Waals surface area contributed by atoms with Gasteiger partial charge in [-0.2, -0.15) is 5.10 Å². The summed E-state index contributed by atoms with van der Waals surface area (Å²) in [5.41, 5.74) is 6.01. The third kappa shape index (κ3) is 4.77. The van der Waals surface area contributed by atoms with E-state index in [0.29, 0.717) is 5.11 Å². The SMILES string of the molecule is CCN(CC)CCNC(=S)N/N=C(/C)c1c[nH]c2ccccc12. The van der Waals surface area contributed by atoms with Crippen LogP contribution in [0.5, 0.6) is 0 Å². The number of nitrogens with zero attached hydrogens (tertiary/aromatic N) is 2. The van der Waals surface area contributed by atoms with Gasteiger partial charge in [-0.1, -0.05) is 32.0 Å². The number of benzene rings is 1. The minimum absolute atomic E-state index is 0.552. The van der Waals surface area contributed by atoms with Crippen LogP contribution in [0.2, 0.25) is 0 Å². The molecule has 6 heteroatoms. The van der Waals surface area contributed by atoms with Gasteiger partial charge in [0.05, 0.1) is 5.71 Å². The molecule has 23 heavy (non-hydrogen) atoms. The molecule has 0 unspecified atom stereocenters. The number of para-hydroxylation sites is 1. The van der Waals surface area contributed by atoms with Crippen LogP contribution in [0.1, 0.15) is 26.3 Å². The second-order valence-electron chi connectivity index (χ2n) is 5.34. The maximum atomic E-state index is 5.27. The van der Waals surface area contributed by atoms with Crippen molar-refractivity contribution in [3.8, 4) is 0 Å². The molecule has 0 atom stereocenters. The van der Waals surface area contributed by atoms with Crippen LogP contribution in [0.4, 0.5) is 0 Å². The normalized spacial score (nSPS) is 11.9. The van der Waals surface area contributed by atoms with Gasteiger partial charge in [0, 0.05) is 35.8 Å². The summed E-state index contributed by atoms with van der Waals surface area (Å²) in [6, 6.07) is 8.18. The quantitative estimate of drug-likeness (QED) is 0.415. The van der Waals surface area contributed by atoms with E-state index < -0.39 is 0 Å². The predicted octanol–water partition coefficient (Wildman–Crippen LogP) is 2.70. The summed E-state index contributed by atoms with van der Waals surface area (Å²) in [5.74, 6) is 0. The molecule has 1 aromatic carbocycles. The van der Waals surface area contributed by atoms with Crippen molar-refractivity contribution in [2.45, 2.75) is 20.8 Å². The Balaban J connectivity index is 1.88. The topological polar surface area (TPSA) is 55.4 Å². The van der Waals surface area contributed by atoms with Crippen molar-refractivity contribution < 1.29 is 0 Å². The molecule has 124 valence electrons. The number of hydrogen-bond acceptors (Lipinski definition) is 3. The van der Waals surface area contributed by atoms with Crippen molar-refractivity contribution in [1.29, 1.82) is 0 Å². The minimum Gasteiger partial charge on any atom is -0.360 e. The van der Waals surface area contributed by atoms with E-state index in [1.807, 2.05) is 25.3 Å². The molecule has 0 bridgehead atoms. The molecule has 2 rings (SSSR count). The standard InChI is InChI=1S/C17H25N5S/c1-4-22(5-2)11-10-18-17(23)21-20-13(3)15-12-19-16-9-7-6-8-14(15)16/h6-9,12,19H,4-5,10-11H2,1-3H3,(H2,18,21,23)/b20-13-. The average molecular weight is 331 g/mol. The lowest BCUT2D eigenvalue weighted by Gasteiger charge is -2.18. The molecular weight excluding hydrogens is 306 g/mol. The highest BCUT2D eigenvalue weighted by molar-refractivity contribution is 7.80. The maximum Gasteiger partial charge on any atom is 0.187 e. The Morgan fingerprint density at radius 2 is 2.00 bits per heavy atom. The van der Waals surface area contributed by atoms with Crippen molar-refractivity contribution in [3.63, 3.8) is 0 Å². The summed E-state index contributed by atoms with van der Waals surface area (Å²) >= 11 is 5.27. The molecule has 0 spiro atoms. The van der Waals surface area contributed by atoms with E-state index in [-0.39, 0.29) is 0 Å². The van der Waals surface area contributed by atoms with E-state index >= 15 is 0 Å². The molecule has 0 aliphatic rings. The lowest BCUT2D eigenvalue weighted by molar-refractivity contribution is 0.308. The number of aromatic amines is 1. The van der Waals surface area contributed by atoms with Crippen molar-refractivity contribution in [3.05, 3.63) is 36.0 Å². The first-order chi connectivity index (χ1) is 11.2. The predicted molar refractivity (Wildman–Crippen MR) is 102 cm³/mol. The zero-order chi connectivity index (χ0) is 16.7. The van der Waals surface area contributed by atoms with Gasteiger partial charge in [0.25, 0.3) is 0 Å². The van der Waals surface area contributed by atoms with Gasteiger partial charge in [0.1, 0.15) is 0 Å². The molecule has 0 saturated heterocycles. The number of nitrogens with one attached hydrogen (secondary N) is 3. The van der Waals surface area contributed by atoms with Gasteiger partial charge in [-0.25, -0.2) is 0 Å². The Kier molecular flexibility index (Phi) is 6.55. The largest absolute Gasteiger partial charge is 0.360 e. The first kappa shape index (κ1) is 17.4. The van der Waals surface area contributed by atoms with Crippen LogP contribution >= 0.6 is 12.2 Å². The van der Waals surface area contributed by atoms with Gasteiger partial charge >= 0.3 is 0 Å². The average Bonchev–Trinajstić information content (AvgIpc) is 3.01. The zero-order valence-electron chi connectivity index (χ0n) is 14.0. The van der Waals surface area contributed by atoms with Crippen LogP contribution < -0.4 is 10.7 Å². The molecule has 0 radical (unpaired) electrons. The van der Waals surface area contributed by atoms with E-state index in [1.165, 1.54) is 0 Å². The molecule has 2 aromatic rings. The highest BCUT2D eigenvalue weighted by Crippen LogP contribution is 2.18. The number of rotatable bonds is 7. The molecule has 1 heterocycles. The summed E-state index contributed by atoms with van der Waals surface area (Å²) < 4.78 is 0. The third-order valence-electron chi connectivity index (χ3n) is 3.91. The molecule has 1 aromatic heterocycles. The summed E-state index contributed by atoms with van der Waals surface area (Å²) in [7, 11) is 0. The first-order valence-electron chi connectivity index (χ1n) is 8.02. The molecule has 0 saturated carbocycles. The van der Waals surface area contributed by atoms with Gasteiger partial charge in [0.15, 0.2) is 5.11 Å². The van der Waals surface area contributed by atoms with Crippen LogP contribution in [0.15, 0.2) is 35.6 Å². The Bertz CT molecular complexity index is 672. The molecule has 0 amide bonds. The smallest absolute Gasteiger partial charge is 0.187 e. The molecular formula is C17H25N5S.